The van der Waals surface area contributed by atoms with Crippen molar-refractivity contribution in [3.63, 3.8) is 0 Å². The summed E-state index contributed by atoms with van der Waals surface area (Å²) in [6.45, 7) is 9.35. The second-order valence-corrected chi connectivity index (χ2v) is 6.45. The van der Waals surface area contributed by atoms with Gasteiger partial charge in [-0.25, -0.2) is 0 Å². The molecular weight excluding hydrogens is 228 g/mol. The normalized spacial score (nSPS) is 19.4. The van der Waals surface area contributed by atoms with Crippen LogP contribution in [0.1, 0.15) is 40.5 Å². The van der Waals surface area contributed by atoms with Crippen LogP contribution in [0.4, 0.5) is 0 Å². The van der Waals surface area contributed by atoms with Gasteiger partial charge in [-0.15, -0.1) is 0 Å². The Kier molecular flexibility index (Phi) is 5.17. The molecule has 4 heteroatoms. The summed E-state index contributed by atoms with van der Waals surface area (Å²) in [5.41, 5.74) is 5.89. The van der Waals surface area contributed by atoms with Crippen molar-refractivity contribution in [2.45, 2.75) is 52.6 Å². The summed E-state index contributed by atoms with van der Waals surface area (Å²) in [4.78, 5) is 14.4. The van der Waals surface area contributed by atoms with E-state index in [9.17, 15) is 4.79 Å². The van der Waals surface area contributed by atoms with Crippen molar-refractivity contribution in [3.05, 3.63) is 0 Å². The number of carbonyl (C=O) groups is 1. The largest absolute Gasteiger partial charge is 0.383 e. The summed E-state index contributed by atoms with van der Waals surface area (Å²) in [5, 5.41) is 0. The zero-order chi connectivity index (χ0) is 13.9. The van der Waals surface area contributed by atoms with E-state index in [1.807, 2.05) is 25.7 Å². The van der Waals surface area contributed by atoms with Crippen molar-refractivity contribution < 1.29 is 9.53 Å². The van der Waals surface area contributed by atoms with Gasteiger partial charge in [0.05, 0.1) is 12.6 Å². The molecule has 0 saturated heterocycles. The Hall–Kier alpha value is -0.610. The van der Waals surface area contributed by atoms with Crippen LogP contribution < -0.4 is 5.73 Å². The fourth-order valence-corrected chi connectivity index (χ4v) is 2.09. The van der Waals surface area contributed by atoms with Gasteiger partial charge in [0, 0.05) is 19.7 Å². The molecule has 1 rings (SSSR count). The molecule has 0 aliphatic heterocycles. The Morgan fingerprint density at radius 3 is 2.39 bits per heavy atom. The molecule has 0 aromatic heterocycles. The van der Waals surface area contributed by atoms with Crippen LogP contribution in [0, 0.1) is 11.3 Å². The third-order valence-electron chi connectivity index (χ3n) is 3.81. The molecule has 0 aromatic carbocycles. The van der Waals surface area contributed by atoms with Gasteiger partial charge in [-0.05, 0) is 31.1 Å². The first kappa shape index (κ1) is 15.4. The zero-order valence-electron chi connectivity index (χ0n) is 12.4. The van der Waals surface area contributed by atoms with Crippen LogP contribution in [0.5, 0.6) is 0 Å². The Morgan fingerprint density at radius 2 is 2.00 bits per heavy atom. The van der Waals surface area contributed by atoms with Crippen molar-refractivity contribution in [2.24, 2.45) is 17.1 Å². The number of methoxy groups -OCH3 is 1. The number of ether oxygens (including phenoxy) is 1. The Morgan fingerprint density at radius 1 is 1.44 bits per heavy atom. The Labute approximate surface area is 111 Å². The molecule has 1 fully saturated rings. The summed E-state index contributed by atoms with van der Waals surface area (Å²) >= 11 is 0. The molecule has 18 heavy (non-hydrogen) atoms. The molecule has 1 saturated carbocycles. The van der Waals surface area contributed by atoms with E-state index < -0.39 is 6.04 Å². The van der Waals surface area contributed by atoms with Crippen LogP contribution in [0.25, 0.3) is 0 Å². The molecule has 0 heterocycles. The lowest BCUT2D eigenvalue weighted by molar-refractivity contribution is -0.138. The third kappa shape index (κ3) is 3.95. The molecule has 0 spiro atoms. The first-order valence-electron chi connectivity index (χ1n) is 6.84. The molecule has 1 aliphatic rings. The molecule has 2 N–H and O–H groups in total. The van der Waals surface area contributed by atoms with Gasteiger partial charge in [-0.1, -0.05) is 20.8 Å². The summed E-state index contributed by atoms with van der Waals surface area (Å²) in [7, 11) is 1.66. The standard InChI is InChI=1S/C14H28N2O2/c1-10(11-6-7-11)16(8-9-18-5)13(17)12(15)14(2,3)4/h10-12H,6-9,15H2,1-5H3/t10?,12-/m1/s1. The van der Waals surface area contributed by atoms with Crippen LogP contribution in [-0.4, -0.2) is 43.2 Å². The molecule has 0 radical (unpaired) electrons. The van der Waals surface area contributed by atoms with Gasteiger partial charge in [0.15, 0.2) is 0 Å². The number of hydrogen-bond acceptors (Lipinski definition) is 3. The minimum absolute atomic E-state index is 0.0546. The molecule has 0 aromatic rings. The minimum atomic E-state index is -0.449. The number of carbonyl (C=O) groups excluding carboxylic acids is 1. The molecule has 2 atom stereocenters. The van der Waals surface area contributed by atoms with Crippen LogP contribution >= 0.6 is 0 Å². The summed E-state index contributed by atoms with van der Waals surface area (Å²) in [5.74, 6) is 0.705. The first-order chi connectivity index (χ1) is 8.29. The second-order valence-electron chi connectivity index (χ2n) is 6.45. The lowest BCUT2D eigenvalue weighted by Crippen LogP contribution is -2.54. The maximum Gasteiger partial charge on any atom is 0.240 e. The smallest absolute Gasteiger partial charge is 0.240 e. The highest BCUT2D eigenvalue weighted by atomic mass is 16.5. The number of rotatable bonds is 6. The predicted octanol–water partition coefficient (Wildman–Crippen LogP) is 1.63. The quantitative estimate of drug-likeness (QED) is 0.786. The summed E-state index contributed by atoms with van der Waals surface area (Å²) in [6.07, 6.45) is 2.45. The highest BCUT2D eigenvalue weighted by Crippen LogP contribution is 2.35. The van der Waals surface area contributed by atoms with E-state index in [2.05, 4.69) is 6.92 Å². The average molecular weight is 256 g/mol. The number of nitrogens with two attached hydrogens (primary N) is 1. The molecule has 4 nitrogen and oxygen atoms in total. The molecule has 1 amide bonds. The van der Waals surface area contributed by atoms with E-state index in [0.717, 1.165) is 0 Å². The van der Waals surface area contributed by atoms with E-state index in [1.54, 1.807) is 7.11 Å². The van der Waals surface area contributed by atoms with Crippen LogP contribution in [0.2, 0.25) is 0 Å². The topological polar surface area (TPSA) is 55.6 Å². The number of nitrogens with zero attached hydrogens (tertiary/aromatic N) is 1. The van der Waals surface area contributed by atoms with E-state index in [1.165, 1.54) is 12.8 Å². The molecule has 1 aliphatic carbocycles. The summed E-state index contributed by atoms with van der Waals surface area (Å²) in [6, 6.07) is -0.170. The van der Waals surface area contributed by atoms with Crippen molar-refractivity contribution in [1.29, 1.82) is 0 Å². The molecule has 106 valence electrons. The molecular formula is C14H28N2O2. The predicted molar refractivity (Wildman–Crippen MR) is 73.2 cm³/mol. The maximum absolute atomic E-state index is 12.5. The Bertz CT molecular complexity index is 282. The van der Waals surface area contributed by atoms with Crippen LogP contribution in [-0.2, 0) is 9.53 Å². The maximum atomic E-state index is 12.5. The average Bonchev–Trinajstić information content (AvgIpc) is 3.10. The van der Waals surface area contributed by atoms with Gasteiger partial charge in [0.1, 0.15) is 0 Å². The third-order valence-corrected chi connectivity index (χ3v) is 3.81. The van der Waals surface area contributed by atoms with Gasteiger partial charge < -0.3 is 15.4 Å². The van der Waals surface area contributed by atoms with Crippen LogP contribution in [0.15, 0.2) is 0 Å². The SMILES string of the molecule is COCCN(C(=O)[C@@H](N)C(C)(C)C)C(C)C1CC1. The second kappa shape index (κ2) is 6.02. The molecule has 1 unspecified atom stereocenters. The van der Waals surface area contributed by atoms with Crippen molar-refractivity contribution in [1.82, 2.24) is 4.90 Å². The van der Waals surface area contributed by atoms with Gasteiger partial charge in [0.2, 0.25) is 5.91 Å². The van der Waals surface area contributed by atoms with E-state index in [-0.39, 0.29) is 17.4 Å². The van der Waals surface area contributed by atoms with Crippen molar-refractivity contribution in [2.75, 3.05) is 20.3 Å². The summed E-state index contributed by atoms with van der Waals surface area (Å²) < 4.78 is 5.10. The van der Waals surface area contributed by atoms with E-state index >= 15 is 0 Å². The number of amides is 1. The minimum Gasteiger partial charge on any atom is -0.383 e. The fourth-order valence-electron chi connectivity index (χ4n) is 2.09. The van der Waals surface area contributed by atoms with Crippen molar-refractivity contribution >= 4 is 5.91 Å². The van der Waals surface area contributed by atoms with Gasteiger partial charge in [-0.2, -0.15) is 0 Å². The van der Waals surface area contributed by atoms with Crippen LogP contribution in [0.3, 0.4) is 0 Å². The van der Waals surface area contributed by atoms with Gasteiger partial charge >= 0.3 is 0 Å². The van der Waals surface area contributed by atoms with Gasteiger partial charge in [-0.3, -0.25) is 4.79 Å². The highest BCUT2D eigenvalue weighted by molar-refractivity contribution is 5.82. The fraction of sp³-hybridized carbons (Fsp3) is 0.929. The molecule has 0 bridgehead atoms. The van der Waals surface area contributed by atoms with Gasteiger partial charge in [0.25, 0.3) is 0 Å². The lowest BCUT2D eigenvalue weighted by Gasteiger charge is -2.35. The van der Waals surface area contributed by atoms with E-state index in [4.69, 9.17) is 10.5 Å². The Balaban J connectivity index is 2.71. The monoisotopic (exact) mass is 256 g/mol. The zero-order valence-corrected chi connectivity index (χ0v) is 12.4. The van der Waals surface area contributed by atoms with E-state index in [0.29, 0.717) is 19.1 Å². The van der Waals surface area contributed by atoms with Crippen molar-refractivity contribution in [3.8, 4) is 0 Å². The highest BCUT2D eigenvalue weighted by Gasteiger charge is 2.38. The lowest BCUT2D eigenvalue weighted by atomic mass is 9.86. The first-order valence-corrected chi connectivity index (χ1v) is 6.84. The number of hydrogen-bond donors (Lipinski definition) is 1.